The molecule has 1 aromatic heterocycles. The topological polar surface area (TPSA) is 182 Å². The summed E-state index contributed by atoms with van der Waals surface area (Å²) in [5, 5.41) is 5.85. The highest BCUT2D eigenvalue weighted by Crippen LogP contribution is 2.57. The van der Waals surface area contributed by atoms with E-state index in [2.05, 4.69) is 20.3 Å². The molecule has 1 saturated heterocycles. The number of rotatable bonds is 12. The Kier molecular flexibility index (Phi) is 10.4. The van der Waals surface area contributed by atoms with Crippen molar-refractivity contribution in [3.05, 3.63) is 29.4 Å². The molecule has 4 fully saturated rings. The van der Waals surface area contributed by atoms with Crippen molar-refractivity contribution in [2.45, 2.75) is 114 Å². The van der Waals surface area contributed by atoms with Crippen LogP contribution in [0.15, 0.2) is 24.4 Å². The fraction of sp³-hybridized carbons (Fsp3) is 0.639. The third kappa shape index (κ3) is 8.39. The Balaban J connectivity index is 1.31. The van der Waals surface area contributed by atoms with E-state index < -0.39 is 80.0 Å². The minimum absolute atomic E-state index is 0.106. The first-order valence-corrected chi connectivity index (χ1v) is 19.9. The van der Waals surface area contributed by atoms with Gasteiger partial charge in [-0.2, -0.15) is 13.2 Å². The Labute approximate surface area is 321 Å². The average molecular weight is 816 g/mol. The average Bonchev–Trinajstić information content (AvgIpc) is 3.95. The number of carbonyl (C=O) groups excluding carboxylic acids is 4. The van der Waals surface area contributed by atoms with Gasteiger partial charge in [-0.1, -0.05) is 32.4 Å². The Morgan fingerprint density at radius 1 is 1.04 bits per heavy atom. The molecule has 4 amide bonds. The summed E-state index contributed by atoms with van der Waals surface area (Å²) in [7, 11) is -2.48. The molecule has 5 atom stereocenters. The summed E-state index contributed by atoms with van der Waals surface area (Å²) >= 11 is 6.30. The zero-order valence-electron chi connectivity index (χ0n) is 31.2. The molecule has 0 unspecified atom stereocenters. The van der Waals surface area contributed by atoms with Gasteiger partial charge >= 0.3 is 12.3 Å². The van der Waals surface area contributed by atoms with Crippen LogP contribution in [0, 0.1) is 17.3 Å². The number of alkyl carbamates (subject to hydrolysis) is 1. The maximum atomic E-state index is 14.5. The number of likely N-dealkylation sites (tertiary alicyclic amines) is 1. The van der Waals surface area contributed by atoms with E-state index in [1.165, 1.54) is 13.3 Å². The summed E-state index contributed by atoms with van der Waals surface area (Å²) in [4.78, 5) is 61.0. The minimum Gasteiger partial charge on any atom is -0.494 e. The number of sulfonamides is 1. The van der Waals surface area contributed by atoms with Gasteiger partial charge in [0.25, 0.3) is 5.91 Å². The lowest BCUT2D eigenvalue weighted by Gasteiger charge is -2.36. The SMILES string of the molecule is COc1cnc(O[C@@H]2C[C@@H](C(=O)N[C@]3(C(=O)NS(=O)(=O)C4CC4)C[C@H]3C3CC3)N(C(=O)[C@@H](NC(=O)OC(C)(C)C(F)(F)F)C(C)(C)C)C2)c2cc(Cl)ccc12. The summed E-state index contributed by atoms with van der Waals surface area (Å²) in [5.41, 5.74) is -5.54. The molecule has 19 heteroatoms. The second-order valence-corrected chi connectivity index (χ2v) is 18.8. The lowest BCUT2D eigenvalue weighted by Crippen LogP contribution is -2.60. The number of nitrogens with zero attached hydrogens (tertiary/aromatic N) is 2. The van der Waals surface area contributed by atoms with E-state index in [0.29, 0.717) is 48.2 Å². The van der Waals surface area contributed by atoms with Gasteiger partial charge in [-0.25, -0.2) is 18.2 Å². The van der Waals surface area contributed by atoms with E-state index >= 15 is 0 Å². The number of alkyl halides is 3. The molecule has 2 aromatic rings. The van der Waals surface area contributed by atoms with E-state index in [-0.39, 0.29) is 37.1 Å². The van der Waals surface area contributed by atoms with Crippen molar-refractivity contribution in [1.29, 1.82) is 0 Å². The number of aromatic nitrogens is 1. The molecule has 14 nitrogen and oxygen atoms in total. The van der Waals surface area contributed by atoms with Gasteiger partial charge in [0, 0.05) is 22.2 Å². The van der Waals surface area contributed by atoms with Gasteiger partial charge in [0.2, 0.25) is 33.3 Å². The Bertz CT molecular complexity index is 2000. The zero-order chi connectivity index (χ0) is 40.5. The lowest BCUT2D eigenvalue weighted by atomic mass is 9.85. The molecule has 4 aliphatic rings. The van der Waals surface area contributed by atoms with E-state index in [4.69, 9.17) is 25.8 Å². The second-order valence-electron chi connectivity index (χ2n) is 16.4. The monoisotopic (exact) mass is 815 g/mol. The number of hydrogen-bond acceptors (Lipinski definition) is 10. The van der Waals surface area contributed by atoms with Gasteiger partial charge in [0.15, 0.2) is 0 Å². The first kappa shape index (κ1) is 40.6. The first-order valence-electron chi connectivity index (χ1n) is 18.0. The van der Waals surface area contributed by atoms with Crippen molar-refractivity contribution >= 4 is 56.2 Å². The van der Waals surface area contributed by atoms with Gasteiger partial charge in [0.05, 0.1) is 25.1 Å². The second kappa shape index (κ2) is 14.2. The standard InChI is InChI=1S/C36H45ClF3N5O9S/c1-33(2,3)27(42-32(49)54-34(4,5)36(38,39)40)30(47)45-17-20(53-29-23-13-19(37)9-12-22(23)26(52-6)16-41-29)14-25(45)28(46)43-35(15-24(35)18-7-8-18)31(48)44-55(50,51)21-10-11-21/h9,12-13,16,18,20-21,24-25,27H,7-8,10-11,14-15,17H2,1-6H3,(H,42,49)(H,43,46)(H,44,48)/t20-,24+,25+,27-,35-/m1/s1. The fourth-order valence-corrected chi connectivity index (χ4v) is 8.54. The molecule has 0 spiro atoms. The van der Waals surface area contributed by atoms with Gasteiger partial charge in [-0.3, -0.25) is 19.1 Å². The molecular weight excluding hydrogens is 771 g/mol. The normalized spacial score (nSPS) is 24.8. The lowest BCUT2D eigenvalue weighted by molar-refractivity contribution is -0.244. The first-order chi connectivity index (χ1) is 25.5. The van der Waals surface area contributed by atoms with Crippen LogP contribution in [0.2, 0.25) is 5.02 Å². The number of hydrogen-bond donors (Lipinski definition) is 3. The number of methoxy groups -OCH3 is 1. The number of halogens is 4. The van der Waals surface area contributed by atoms with Gasteiger partial charge in [0.1, 0.15) is 29.5 Å². The number of amides is 4. The van der Waals surface area contributed by atoms with E-state index in [0.717, 1.165) is 17.7 Å². The molecule has 3 N–H and O–H groups in total. The van der Waals surface area contributed by atoms with Crippen LogP contribution < -0.4 is 24.8 Å². The molecule has 6 rings (SSSR count). The van der Waals surface area contributed by atoms with E-state index in [1.807, 2.05) is 0 Å². The highest BCUT2D eigenvalue weighted by atomic mass is 35.5. The largest absolute Gasteiger partial charge is 0.494 e. The maximum absolute atomic E-state index is 14.5. The Morgan fingerprint density at radius 2 is 1.71 bits per heavy atom. The quantitative estimate of drug-likeness (QED) is 0.274. The number of fused-ring (bicyclic) bond motifs is 1. The summed E-state index contributed by atoms with van der Waals surface area (Å²) in [5.74, 6) is -2.12. The fourth-order valence-electron chi connectivity index (χ4n) is 7.01. The Hall–Kier alpha value is -4.06. The number of ether oxygens (including phenoxy) is 3. The molecule has 1 aliphatic heterocycles. The van der Waals surface area contributed by atoms with Crippen LogP contribution in [-0.4, -0.2) is 96.5 Å². The number of pyridine rings is 1. The highest BCUT2D eigenvalue weighted by Gasteiger charge is 2.67. The van der Waals surface area contributed by atoms with Crippen LogP contribution >= 0.6 is 11.6 Å². The molecule has 3 saturated carbocycles. The van der Waals surface area contributed by atoms with Crippen LogP contribution in [0.5, 0.6) is 11.6 Å². The predicted molar refractivity (Wildman–Crippen MR) is 193 cm³/mol. The highest BCUT2D eigenvalue weighted by molar-refractivity contribution is 7.91. The van der Waals surface area contributed by atoms with Crippen molar-refractivity contribution in [3.63, 3.8) is 0 Å². The molecule has 1 aromatic carbocycles. The number of benzene rings is 1. The smallest absolute Gasteiger partial charge is 0.427 e. The van der Waals surface area contributed by atoms with Crippen molar-refractivity contribution in [1.82, 2.24) is 25.2 Å². The summed E-state index contributed by atoms with van der Waals surface area (Å²) in [6, 6.07) is 2.15. The zero-order valence-corrected chi connectivity index (χ0v) is 32.8. The third-order valence-electron chi connectivity index (χ3n) is 10.7. The van der Waals surface area contributed by atoms with Crippen LogP contribution in [0.25, 0.3) is 10.8 Å². The van der Waals surface area contributed by atoms with Gasteiger partial charge in [-0.15, -0.1) is 0 Å². The van der Waals surface area contributed by atoms with Crippen LogP contribution in [0.4, 0.5) is 18.0 Å². The van der Waals surface area contributed by atoms with Crippen molar-refractivity contribution in [2.24, 2.45) is 17.3 Å². The molecule has 55 heavy (non-hydrogen) atoms. The van der Waals surface area contributed by atoms with Crippen LogP contribution in [-0.2, 0) is 29.1 Å². The van der Waals surface area contributed by atoms with Gasteiger partial charge in [-0.05, 0) is 81.4 Å². The molecule has 0 bridgehead atoms. The Morgan fingerprint density at radius 3 is 2.29 bits per heavy atom. The molecule has 3 aliphatic carbocycles. The van der Waals surface area contributed by atoms with Crippen molar-refractivity contribution < 1.29 is 55.0 Å². The molecule has 302 valence electrons. The maximum Gasteiger partial charge on any atom is 0.427 e. The summed E-state index contributed by atoms with van der Waals surface area (Å²) in [6.07, 6.45) is -3.38. The minimum atomic E-state index is -4.92. The van der Waals surface area contributed by atoms with Crippen molar-refractivity contribution in [2.75, 3.05) is 13.7 Å². The third-order valence-corrected chi connectivity index (χ3v) is 12.7. The number of carbonyl (C=O) groups is 4. The number of nitrogens with one attached hydrogen (secondary N) is 3. The molecular formula is C36H45ClF3N5O9S. The molecule has 2 heterocycles. The van der Waals surface area contributed by atoms with E-state index in [9.17, 15) is 40.8 Å². The van der Waals surface area contributed by atoms with E-state index in [1.54, 1.807) is 39.0 Å². The molecule has 0 radical (unpaired) electrons. The summed E-state index contributed by atoms with van der Waals surface area (Å²) in [6.45, 7) is 5.82. The predicted octanol–water partition coefficient (Wildman–Crippen LogP) is 4.62. The summed E-state index contributed by atoms with van der Waals surface area (Å²) < 4.78 is 84.9. The van der Waals surface area contributed by atoms with Crippen LogP contribution in [0.3, 0.4) is 0 Å². The van der Waals surface area contributed by atoms with Crippen LogP contribution in [0.1, 0.15) is 73.1 Å². The van der Waals surface area contributed by atoms with Crippen molar-refractivity contribution in [3.8, 4) is 11.6 Å². The van der Waals surface area contributed by atoms with Gasteiger partial charge < -0.3 is 29.7 Å².